The largest absolute Gasteiger partial charge is 0.460 e. The van der Waals surface area contributed by atoms with Gasteiger partial charge in [-0.05, 0) is 38.5 Å². The minimum Gasteiger partial charge on any atom is -0.460 e. The Morgan fingerprint density at radius 1 is 1.19 bits per heavy atom. The minimum atomic E-state index is -9.77. The van der Waals surface area contributed by atoms with Gasteiger partial charge in [-0.25, -0.2) is 0 Å². The number of benzene rings is 1. The van der Waals surface area contributed by atoms with Crippen molar-refractivity contribution in [2.75, 3.05) is 5.73 Å². The van der Waals surface area contributed by atoms with Crippen LogP contribution >= 0.6 is 10.2 Å². The highest BCUT2D eigenvalue weighted by Gasteiger charge is 2.65. The van der Waals surface area contributed by atoms with E-state index < -0.39 is 38.8 Å². The second kappa shape index (κ2) is 4.25. The van der Waals surface area contributed by atoms with Crippen LogP contribution in [0, 0.1) is 0 Å². The van der Waals surface area contributed by atoms with Crippen LogP contribution in [0.2, 0.25) is 0 Å². The number of carbonyl (C=O) groups is 1. The van der Waals surface area contributed by atoms with E-state index in [0.717, 1.165) is 6.07 Å². The summed E-state index contributed by atoms with van der Waals surface area (Å²) >= 11 is 0. The predicted molar refractivity (Wildman–Crippen MR) is 71.8 cm³/mol. The number of anilines is 1. The molecule has 21 heavy (non-hydrogen) atoms. The van der Waals surface area contributed by atoms with Crippen molar-refractivity contribution in [1.82, 2.24) is 0 Å². The molecule has 3 nitrogen and oxygen atoms in total. The van der Waals surface area contributed by atoms with Gasteiger partial charge in [-0.3, -0.25) is 4.79 Å². The Bertz CT molecular complexity index is 577. The number of rotatable bonds is 3. The van der Waals surface area contributed by atoms with E-state index in [2.05, 4.69) is 0 Å². The van der Waals surface area contributed by atoms with Crippen LogP contribution in [-0.4, -0.2) is 11.6 Å². The van der Waals surface area contributed by atoms with Crippen molar-refractivity contribution in [3.8, 4) is 0 Å². The second-order valence-electron chi connectivity index (χ2n) is 5.59. The molecule has 0 aromatic heterocycles. The van der Waals surface area contributed by atoms with Crippen molar-refractivity contribution in [2.45, 2.75) is 37.7 Å². The maximum Gasteiger partial charge on any atom is 0.310 e. The molecule has 1 aromatic rings. The summed E-state index contributed by atoms with van der Waals surface area (Å²) in [5.41, 5.74) is 4.02. The first-order valence-electron chi connectivity index (χ1n) is 5.82. The van der Waals surface area contributed by atoms with Crippen molar-refractivity contribution in [2.24, 2.45) is 0 Å². The summed E-state index contributed by atoms with van der Waals surface area (Å²) in [5, 5.41) is 0. The normalized spacial score (nSPS) is 16.0. The number of hydrogen-bond acceptors (Lipinski definition) is 3. The van der Waals surface area contributed by atoms with Crippen LogP contribution in [-0.2, 0) is 16.0 Å². The van der Waals surface area contributed by atoms with Crippen molar-refractivity contribution >= 4 is 21.9 Å². The van der Waals surface area contributed by atoms with Crippen molar-refractivity contribution < 1.29 is 29.0 Å². The minimum absolute atomic E-state index is 0.00477. The smallest absolute Gasteiger partial charge is 0.310 e. The van der Waals surface area contributed by atoms with Gasteiger partial charge in [0.05, 0.1) is 6.42 Å². The first-order chi connectivity index (χ1) is 8.98. The lowest BCUT2D eigenvalue weighted by Gasteiger charge is -2.40. The highest BCUT2D eigenvalue weighted by Crippen LogP contribution is 3.02. The SMILES string of the molecule is CC(C)(C)OC(=O)Cc1ccc(S(F)(F)(F)(F)F)cc1N. The van der Waals surface area contributed by atoms with Crippen molar-refractivity contribution in [3.63, 3.8) is 0 Å². The van der Waals surface area contributed by atoms with Crippen molar-refractivity contribution in [3.05, 3.63) is 23.8 Å². The van der Waals surface area contributed by atoms with Gasteiger partial charge in [0.2, 0.25) is 0 Å². The molecular weight excluding hydrogens is 317 g/mol. The Morgan fingerprint density at radius 3 is 2.10 bits per heavy atom. The molecule has 1 aromatic carbocycles. The molecule has 0 aliphatic heterocycles. The van der Waals surface area contributed by atoms with Gasteiger partial charge >= 0.3 is 16.2 Å². The van der Waals surface area contributed by atoms with E-state index in [1.807, 2.05) is 0 Å². The Kier molecular flexibility index (Phi) is 3.55. The van der Waals surface area contributed by atoms with Crippen LogP contribution in [0.25, 0.3) is 0 Å². The Morgan fingerprint density at radius 2 is 1.71 bits per heavy atom. The third-order valence-corrected chi connectivity index (χ3v) is 3.46. The van der Waals surface area contributed by atoms with E-state index in [4.69, 9.17) is 10.5 Å². The summed E-state index contributed by atoms with van der Waals surface area (Å²) in [5.74, 6) is -0.714. The molecule has 0 saturated carbocycles. The van der Waals surface area contributed by atoms with Crippen molar-refractivity contribution in [1.29, 1.82) is 0 Å². The number of ether oxygens (including phenoxy) is 1. The fraction of sp³-hybridized carbons (Fsp3) is 0.417. The molecule has 0 heterocycles. The van der Waals surface area contributed by atoms with Gasteiger partial charge < -0.3 is 10.5 Å². The zero-order chi connectivity index (χ0) is 16.8. The molecule has 0 atom stereocenters. The molecular formula is C12H16F5NO2S. The van der Waals surface area contributed by atoms with Gasteiger partial charge in [-0.2, -0.15) is 0 Å². The molecule has 0 amide bonds. The third kappa shape index (κ3) is 5.41. The lowest BCUT2D eigenvalue weighted by molar-refractivity contribution is -0.153. The third-order valence-electron chi connectivity index (χ3n) is 2.32. The highest BCUT2D eigenvalue weighted by molar-refractivity contribution is 8.45. The van der Waals surface area contributed by atoms with Gasteiger partial charge in [0.25, 0.3) is 0 Å². The quantitative estimate of drug-likeness (QED) is 0.490. The van der Waals surface area contributed by atoms with Gasteiger partial charge in [-0.1, -0.05) is 25.5 Å². The van der Waals surface area contributed by atoms with E-state index in [1.165, 1.54) is 0 Å². The summed E-state index contributed by atoms with van der Waals surface area (Å²) in [6, 6.07) is 1.12. The average Bonchev–Trinajstić information content (AvgIpc) is 2.14. The zero-order valence-corrected chi connectivity index (χ0v) is 12.4. The number of nitrogen functional groups attached to an aromatic ring is 1. The van der Waals surface area contributed by atoms with Gasteiger partial charge in [0.15, 0.2) is 0 Å². The number of halogens is 5. The predicted octanol–water partition coefficient (Wildman–Crippen LogP) is 4.81. The van der Waals surface area contributed by atoms with Crippen LogP contribution in [0.3, 0.4) is 0 Å². The average molecular weight is 333 g/mol. The number of esters is 1. The molecule has 0 aliphatic carbocycles. The maximum absolute atomic E-state index is 12.6. The Labute approximate surface area is 119 Å². The van der Waals surface area contributed by atoms with Gasteiger partial charge in [0, 0.05) is 5.69 Å². The first kappa shape index (κ1) is 17.5. The van der Waals surface area contributed by atoms with Crippen LogP contribution in [0.5, 0.6) is 0 Å². The van der Waals surface area contributed by atoms with E-state index >= 15 is 0 Å². The van der Waals surface area contributed by atoms with Crippen LogP contribution in [0.4, 0.5) is 25.1 Å². The molecule has 0 unspecified atom stereocenters. The molecule has 9 heteroatoms. The van der Waals surface area contributed by atoms with E-state index in [1.54, 1.807) is 20.8 Å². The Hall–Kier alpha value is -1.51. The van der Waals surface area contributed by atoms with Crippen LogP contribution < -0.4 is 5.73 Å². The highest BCUT2D eigenvalue weighted by atomic mass is 32.5. The fourth-order valence-electron chi connectivity index (χ4n) is 1.51. The summed E-state index contributed by atoms with van der Waals surface area (Å²) < 4.78 is 68.0. The molecule has 0 spiro atoms. The van der Waals surface area contributed by atoms with Crippen LogP contribution in [0.15, 0.2) is 23.1 Å². The van der Waals surface area contributed by atoms with Gasteiger partial charge in [0.1, 0.15) is 10.5 Å². The molecule has 122 valence electrons. The molecule has 0 radical (unpaired) electrons. The summed E-state index contributed by atoms with van der Waals surface area (Å²) in [6.45, 7) is 4.85. The topological polar surface area (TPSA) is 52.3 Å². The Balaban J connectivity index is 3.04. The van der Waals surface area contributed by atoms with E-state index in [9.17, 15) is 24.2 Å². The second-order valence-corrected chi connectivity index (χ2v) is 8.00. The summed E-state index contributed by atoms with van der Waals surface area (Å²) in [6.07, 6.45) is -0.399. The molecule has 2 N–H and O–H groups in total. The molecule has 0 bridgehead atoms. The lowest BCUT2D eigenvalue weighted by Crippen LogP contribution is -2.25. The van der Waals surface area contributed by atoms with Crippen LogP contribution in [0.1, 0.15) is 26.3 Å². The number of nitrogens with two attached hydrogens (primary N) is 1. The molecule has 1 rings (SSSR count). The zero-order valence-electron chi connectivity index (χ0n) is 11.6. The monoisotopic (exact) mass is 333 g/mol. The number of carbonyl (C=O) groups excluding carboxylic acids is 1. The maximum atomic E-state index is 12.6. The molecule has 0 saturated heterocycles. The van der Waals surface area contributed by atoms with Gasteiger partial charge in [-0.15, -0.1) is 0 Å². The standard InChI is InChI=1S/C12H16F5NO2S/c1-12(2,3)20-11(19)6-8-4-5-9(7-10(8)18)21(13,14,15,16)17/h4-5,7H,6,18H2,1-3H3. The molecule has 0 aliphatic rings. The number of hydrogen-bond donors (Lipinski definition) is 1. The lowest BCUT2D eigenvalue weighted by atomic mass is 10.1. The van der Waals surface area contributed by atoms with E-state index in [-0.39, 0.29) is 17.7 Å². The summed E-state index contributed by atoms with van der Waals surface area (Å²) in [7, 11) is -9.77. The summed E-state index contributed by atoms with van der Waals surface area (Å²) in [4.78, 5) is 9.46. The fourth-order valence-corrected chi connectivity index (χ4v) is 2.18. The molecule has 0 fully saturated rings. The van der Waals surface area contributed by atoms with E-state index in [0.29, 0.717) is 0 Å². The first-order valence-corrected chi connectivity index (χ1v) is 7.77.